The molecular weight excluding hydrogens is 420 g/mol. The van der Waals surface area contributed by atoms with E-state index < -0.39 is 0 Å². The first kappa shape index (κ1) is 18.1. The van der Waals surface area contributed by atoms with Gasteiger partial charge in [-0.2, -0.15) is 0 Å². The number of carbonyl (C=O) groups is 1. The molecule has 0 saturated heterocycles. The van der Waals surface area contributed by atoms with E-state index in [-0.39, 0.29) is 6.03 Å². The molecule has 4 rings (SSSR count). The van der Waals surface area contributed by atoms with E-state index in [1.807, 2.05) is 67.6 Å². The Morgan fingerprint density at radius 2 is 1.79 bits per heavy atom. The second-order valence-corrected chi connectivity index (χ2v) is 7.28. The summed E-state index contributed by atoms with van der Waals surface area (Å²) in [5.41, 5.74) is 10.9. The molecular formula is C21H17BrN4O2. The number of hydrogen-bond donors (Lipinski definition) is 3. The van der Waals surface area contributed by atoms with Crippen LogP contribution in [-0.2, 0) is 0 Å². The lowest BCUT2D eigenvalue weighted by Gasteiger charge is -2.09. The molecule has 0 saturated carbocycles. The zero-order chi connectivity index (χ0) is 19.7. The van der Waals surface area contributed by atoms with E-state index in [0.717, 1.165) is 26.5 Å². The Kier molecular flexibility index (Phi) is 4.75. The maximum absolute atomic E-state index is 12.2. The maximum Gasteiger partial charge on any atom is 0.323 e. The topological polar surface area (TPSA) is 93.2 Å². The van der Waals surface area contributed by atoms with Gasteiger partial charge in [0.2, 0.25) is 0 Å². The number of amides is 2. The monoisotopic (exact) mass is 436 g/mol. The minimum Gasteiger partial charge on any atom is -0.380 e. The first-order chi connectivity index (χ1) is 13.5. The van der Waals surface area contributed by atoms with Crippen molar-refractivity contribution >= 4 is 50.1 Å². The molecule has 4 aromatic rings. The lowest BCUT2D eigenvalue weighted by Crippen LogP contribution is -2.19. The molecule has 4 N–H and O–H groups in total. The highest BCUT2D eigenvalue weighted by molar-refractivity contribution is 9.10. The van der Waals surface area contributed by atoms with Crippen molar-refractivity contribution in [3.8, 4) is 11.1 Å². The van der Waals surface area contributed by atoms with E-state index in [1.54, 1.807) is 0 Å². The van der Waals surface area contributed by atoms with Crippen LogP contribution >= 0.6 is 15.9 Å². The zero-order valence-corrected chi connectivity index (χ0v) is 16.6. The maximum atomic E-state index is 12.2. The molecule has 0 aliphatic rings. The number of benzene rings is 3. The zero-order valence-electron chi connectivity index (χ0n) is 15.0. The van der Waals surface area contributed by atoms with E-state index in [4.69, 9.17) is 10.3 Å². The third-order valence-electron chi connectivity index (χ3n) is 4.38. The Morgan fingerprint density at radius 1 is 1.04 bits per heavy atom. The number of aryl methyl sites for hydroxylation is 1. The molecule has 1 aromatic heterocycles. The van der Waals surface area contributed by atoms with Crippen LogP contribution in [0.25, 0.3) is 22.1 Å². The van der Waals surface area contributed by atoms with Crippen LogP contribution in [0, 0.1) is 6.92 Å². The van der Waals surface area contributed by atoms with E-state index in [1.165, 1.54) is 0 Å². The Labute approximate surface area is 169 Å². The van der Waals surface area contributed by atoms with Gasteiger partial charge in [0.1, 0.15) is 0 Å². The normalized spacial score (nSPS) is 10.8. The highest BCUT2D eigenvalue weighted by Gasteiger charge is 2.14. The predicted molar refractivity (Wildman–Crippen MR) is 115 cm³/mol. The molecule has 0 fully saturated rings. The molecule has 0 aliphatic carbocycles. The van der Waals surface area contributed by atoms with Gasteiger partial charge in [-0.05, 0) is 53.9 Å². The molecule has 0 spiro atoms. The summed E-state index contributed by atoms with van der Waals surface area (Å²) in [5, 5.41) is 10.3. The van der Waals surface area contributed by atoms with Crippen molar-refractivity contribution < 1.29 is 9.32 Å². The minimum absolute atomic E-state index is 0.313. The summed E-state index contributed by atoms with van der Waals surface area (Å²) in [4.78, 5) is 12.2. The molecule has 0 atom stereocenters. The molecule has 7 heteroatoms. The Bertz CT molecular complexity index is 1170. The molecule has 6 nitrogen and oxygen atoms in total. The predicted octanol–water partition coefficient (Wildman–Crippen LogP) is 5.79. The van der Waals surface area contributed by atoms with E-state index in [9.17, 15) is 4.79 Å². The van der Waals surface area contributed by atoms with E-state index >= 15 is 0 Å². The number of fused-ring (bicyclic) bond motifs is 1. The summed E-state index contributed by atoms with van der Waals surface area (Å²) in [5.74, 6) is 0.365. The molecule has 0 radical (unpaired) electrons. The van der Waals surface area contributed by atoms with Gasteiger partial charge in [-0.15, -0.1) is 0 Å². The average Bonchev–Trinajstić information content (AvgIpc) is 3.06. The average molecular weight is 437 g/mol. The molecule has 0 bridgehead atoms. The fourth-order valence-corrected chi connectivity index (χ4v) is 3.43. The largest absolute Gasteiger partial charge is 0.380 e. The first-order valence-electron chi connectivity index (χ1n) is 8.60. The molecule has 0 unspecified atom stereocenters. The second kappa shape index (κ2) is 7.36. The van der Waals surface area contributed by atoms with Crippen LogP contribution in [0.2, 0.25) is 0 Å². The van der Waals surface area contributed by atoms with Crippen LogP contribution < -0.4 is 16.4 Å². The van der Waals surface area contributed by atoms with Gasteiger partial charge >= 0.3 is 6.03 Å². The number of urea groups is 1. The van der Waals surface area contributed by atoms with Gasteiger partial charge < -0.3 is 20.9 Å². The number of nitrogens with one attached hydrogen (secondary N) is 2. The fourth-order valence-electron chi connectivity index (χ4n) is 3.03. The lowest BCUT2D eigenvalue weighted by atomic mass is 9.99. The summed E-state index contributed by atoms with van der Waals surface area (Å²) in [6.45, 7) is 1.95. The van der Waals surface area contributed by atoms with Crippen molar-refractivity contribution in [2.75, 3.05) is 16.4 Å². The van der Waals surface area contributed by atoms with E-state index in [0.29, 0.717) is 22.8 Å². The standard InChI is InChI=1S/C21H17BrN4O2/c1-12-5-10-17(18-19(12)28-26-20(18)23)13-6-8-15(9-7-13)24-21(27)25-16-4-2-3-14(22)11-16/h2-11H,1H3,(H2,23,26)(H2,24,25,27). The number of carbonyl (C=O) groups excluding carboxylic acids is 1. The summed E-state index contributed by atoms with van der Waals surface area (Å²) in [6.07, 6.45) is 0. The second-order valence-electron chi connectivity index (χ2n) is 6.37. The van der Waals surface area contributed by atoms with Crippen LogP contribution in [0.5, 0.6) is 0 Å². The van der Waals surface area contributed by atoms with Crippen LogP contribution in [0.4, 0.5) is 22.0 Å². The lowest BCUT2D eigenvalue weighted by molar-refractivity contribution is 0.262. The van der Waals surface area contributed by atoms with Crippen molar-refractivity contribution in [1.82, 2.24) is 5.16 Å². The minimum atomic E-state index is -0.313. The summed E-state index contributed by atoms with van der Waals surface area (Å²) < 4.78 is 6.23. The van der Waals surface area contributed by atoms with Gasteiger partial charge in [-0.1, -0.05) is 51.4 Å². The van der Waals surface area contributed by atoms with Crippen molar-refractivity contribution in [2.24, 2.45) is 0 Å². The van der Waals surface area contributed by atoms with Gasteiger partial charge in [0.15, 0.2) is 11.4 Å². The van der Waals surface area contributed by atoms with Crippen molar-refractivity contribution in [2.45, 2.75) is 6.92 Å². The van der Waals surface area contributed by atoms with Gasteiger partial charge in [0.05, 0.1) is 5.39 Å². The SMILES string of the molecule is Cc1ccc(-c2ccc(NC(=O)Nc3cccc(Br)c3)cc2)c2c(N)noc12. The number of aromatic nitrogens is 1. The highest BCUT2D eigenvalue weighted by atomic mass is 79.9. The highest BCUT2D eigenvalue weighted by Crippen LogP contribution is 2.34. The van der Waals surface area contributed by atoms with Crippen LogP contribution in [0.1, 0.15) is 5.56 Å². The Hall–Kier alpha value is -3.32. The Balaban J connectivity index is 1.54. The molecule has 140 valence electrons. The van der Waals surface area contributed by atoms with Crippen LogP contribution in [-0.4, -0.2) is 11.2 Å². The van der Waals surface area contributed by atoms with Gasteiger partial charge in [-0.3, -0.25) is 0 Å². The van der Waals surface area contributed by atoms with Crippen LogP contribution in [0.15, 0.2) is 69.7 Å². The Morgan fingerprint density at radius 3 is 2.54 bits per heavy atom. The van der Waals surface area contributed by atoms with Crippen molar-refractivity contribution in [1.29, 1.82) is 0 Å². The van der Waals surface area contributed by atoms with Gasteiger partial charge in [-0.25, -0.2) is 4.79 Å². The van der Waals surface area contributed by atoms with Crippen LogP contribution in [0.3, 0.4) is 0 Å². The number of anilines is 3. The fraction of sp³-hybridized carbons (Fsp3) is 0.0476. The quantitative estimate of drug-likeness (QED) is 0.378. The van der Waals surface area contributed by atoms with E-state index in [2.05, 4.69) is 31.7 Å². The van der Waals surface area contributed by atoms with Gasteiger partial charge in [0, 0.05) is 15.8 Å². The molecule has 1 heterocycles. The van der Waals surface area contributed by atoms with Gasteiger partial charge in [0.25, 0.3) is 0 Å². The number of hydrogen-bond acceptors (Lipinski definition) is 4. The number of nitrogen functional groups attached to an aromatic ring is 1. The first-order valence-corrected chi connectivity index (χ1v) is 9.39. The third kappa shape index (κ3) is 3.57. The number of nitrogens with zero attached hydrogens (tertiary/aromatic N) is 1. The number of halogens is 1. The third-order valence-corrected chi connectivity index (χ3v) is 4.88. The summed E-state index contributed by atoms with van der Waals surface area (Å²) in [7, 11) is 0. The molecule has 2 amide bonds. The van der Waals surface area contributed by atoms with Crippen molar-refractivity contribution in [3.05, 3.63) is 70.7 Å². The molecule has 0 aliphatic heterocycles. The molecule has 3 aromatic carbocycles. The number of rotatable bonds is 3. The summed E-state index contributed by atoms with van der Waals surface area (Å²) >= 11 is 3.38. The summed E-state index contributed by atoms with van der Waals surface area (Å²) in [6, 6.07) is 18.6. The molecule has 28 heavy (non-hydrogen) atoms. The smallest absolute Gasteiger partial charge is 0.323 e. The number of nitrogens with two attached hydrogens (primary N) is 1. The van der Waals surface area contributed by atoms with Crippen molar-refractivity contribution in [3.63, 3.8) is 0 Å².